The van der Waals surface area contributed by atoms with Gasteiger partial charge in [0.05, 0.1) is 11.9 Å². The maximum absolute atomic E-state index is 14.2. The van der Waals surface area contributed by atoms with Crippen molar-refractivity contribution in [3.8, 4) is 0 Å². The lowest BCUT2D eigenvalue weighted by molar-refractivity contribution is -0.140. The van der Waals surface area contributed by atoms with Crippen LogP contribution in [-0.4, -0.2) is 50.0 Å². The number of hydrogen-bond donors (Lipinski definition) is 1. The molecular weight excluding hydrogens is 558 g/mol. The minimum absolute atomic E-state index is 0.0680. The van der Waals surface area contributed by atoms with Crippen molar-refractivity contribution in [3.05, 3.63) is 100 Å². The summed E-state index contributed by atoms with van der Waals surface area (Å²) in [6.45, 7) is 3.47. The summed E-state index contributed by atoms with van der Waals surface area (Å²) in [6.07, 6.45) is 5.29. The van der Waals surface area contributed by atoms with Gasteiger partial charge in [-0.2, -0.15) is 0 Å². The third-order valence-electron chi connectivity index (χ3n) is 7.70. The van der Waals surface area contributed by atoms with Crippen molar-refractivity contribution >= 4 is 39.1 Å². The molecule has 0 aliphatic heterocycles. The second-order valence-electron chi connectivity index (χ2n) is 10.8. The van der Waals surface area contributed by atoms with Crippen LogP contribution in [0.15, 0.2) is 72.8 Å². The van der Waals surface area contributed by atoms with Crippen LogP contribution in [0.5, 0.6) is 0 Å². The zero-order valence-electron chi connectivity index (χ0n) is 23.8. The lowest BCUT2D eigenvalue weighted by Gasteiger charge is -2.34. The lowest BCUT2D eigenvalue weighted by atomic mass is 10.0. The molecule has 1 atom stereocenters. The Morgan fingerprint density at radius 2 is 1.61 bits per heavy atom. The Balaban J connectivity index is 1.74. The van der Waals surface area contributed by atoms with Crippen LogP contribution >= 0.6 is 11.6 Å². The lowest BCUT2D eigenvalue weighted by Crippen LogP contribution is -2.54. The Labute approximate surface area is 248 Å². The summed E-state index contributed by atoms with van der Waals surface area (Å²) in [4.78, 5) is 29.7. The van der Waals surface area contributed by atoms with Crippen molar-refractivity contribution in [1.29, 1.82) is 0 Å². The fourth-order valence-electron chi connectivity index (χ4n) is 5.24. The molecule has 9 heteroatoms. The Morgan fingerprint density at radius 3 is 2.24 bits per heavy atom. The van der Waals surface area contributed by atoms with E-state index < -0.39 is 28.5 Å². The van der Waals surface area contributed by atoms with Crippen molar-refractivity contribution in [2.75, 3.05) is 17.1 Å². The summed E-state index contributed by atoms with van der Waals surface area (Å²) < 4.78 is 27.0. The number of aryl methyl sites for hydroxylation is 2. The molecular formula is C32H38ClN3O4S. The van der Waals surface area contributed by atoms with Gasteiger partial charge in [-0.05, 0) is 61.1 Å². The van der Waals surface area contributed by atoms with Crippen LogP contribution in [0.2, 0.25) is 5.02 Å². The van der Waals surface area contributed by atoms with Crippen LogP contribution in [0.1, 0.15) is 47.9 Å². The van der Waals surface area contributed by atoms with Crippen LogP contribution in [0.25, 0.3) is 0 Å². The SMILES string of the molecule is Cc1ccc(N(CC(=O)N(Cc2ccccc2C)[C@H](Cc2ccccc2)C(=O)NC2CCCC2)S(C)(=O)=O)cc1Cl. The largest absolute Gasteiger partial charge is 0.352 e. The number of anilines is 1. The van der Waals surface area contributed by atoms with Crippen LogP contribution in [-0.2, 0) is 32.6 Å². The quantitative estimate of drug-likeness (QED) is 0.321. The highest BCUT2D eigenvalue weighted by molar-refractivity contribution is 7.92. The van der Waals surface area contributed by atoms with Gasteiger partial charge >= 0.3 is 0 Å². The summed E-state index contributed by atoms with van der Waals surface area (Å²) in [5, 5.41) is 3.58. The number of benzene rings is 3. The first-order valence-electron chi connectivity index (χ1n) is 13.9. The van der Waals surface area contributed by atoms with E-state index >= 15 is 0 Å². The average molecular weight is 596 g/mol. The summed E-state index contributed by atoms with van der Waals surface area (Å²) >= 11 is 6.33. The molecule has 1 N–H and O–H groups in total. The summed E-state index contributed by atoms with van der Waals surface area (Å²) in [6, 6.07) is 21.4. The zero-order chi connectivity index (χ0) is 29.6. The predicted octanol–water partition coefficient (Wildman–Crippen LogP) is 5.42. The molecule has 1 fully saturated rings. The van der Waals surface area contributed by atoms with E-state index in [1.54, 1.807) is 18.2 Å². The fourth-order valence-corrected chi connectivity index (χ4v) is 6.26. The zero-order valence-corrected chi connectivity index (χ0v) is 25.4. The van der Waals surface area contributed by atoms with Gasteiger partial charge in [0.2, 0.25) is 21.8 Å². The van der Waals surface area contributed by atoms with E-state index in [1.165, 1.54) is 4.90 Å². The molecule has 1 saturated carbocycles. The van der Waals surface area contributed by atoms with Gasteiger partial charge in [0, 0.05) is 24.0 Å². The Morgan fingerprint density at radius 1 is 0.951 bits per heavy atom. The van der Waals surface area contributed by atoms with Crippen molar-refractivity contribution in [2.24, 2.45) is 0 Å². The second kappa shape index (κ2) is 13.5. The molecule has 1 aliphatic carbocycles. The number of amides is 2. The molecule has 7 nitrogen and oxygen atoms in total. The van der Waals surface area contributed by atoms with Gasteiger partial charge in [-0.3, -0.25) is 13.9 Å². The van der Waals surface area contributed by atoms with Gasteiger partial charge < -0.3 is 10.2 Å². The minimum atomic E-state index is -3.85. The highest BCUT2D eigenvalue weighted by Crippen LogP contribution is 2.26. The monoisotopic (exact) mass is 595 g/mol. The van der Waals surface area contributed by atoms with E-state index in [0.717, 1.165) is 58.5 Å². The highest BCUT2D eigenvalue weighted by atomic mass is 35.5. The number of nitrogens with one attached hydrogen (secondary N) is 1. The third-order valence-corrected chi connectivity index (χ3v) is 9.24. The molecule has 41 heavy (non-hydrogen) atoms. The van der Waals surface area contributed by atoms with E-state index in [1.807, 2.05) is 68.4 Å². The van der Waals surface area contributed by atoms with Crippen molar-refractivity contribution in [2.45, 2.75) is 64.6 Å². The predicted molar refractivity (Wildman–Crippen MR) is 164 cm³/mol. The smallest absolute Gasteiger partial charge is 0.244 e. The maximum atomic E-state index is 14.2. The molecule has 0 aromatic heterocycles. The number of halogens is 1. The molecule has 0 heterocycles. The van der Waals surface area contributed by atoms with Crippen LogP contribution in [0.3, 0.4) is 0 Å². The second-order valence-corrected chi connectivity index (χ2v) is 13.2. The van der Waals surface area contributed by atoms with Gasteiger partial charge in [0.15, 0.2) is 0 Å². The molecule has 0 radical (unpaired) electrons. The summed E-state index contributed by atoms with van der Waals surface area (Å²) in [5.74, 6) is -0.704. The molecule has 3 aromatic rings. The normalized spacial score (nSPS) is 14.4. The number of nitrogens with zero attached hydrogens (tertiary/aromatic N) is 2. The average Bonchev–Trinajstić information content (AvgIpc) is 3.44. The molecule has 0 saturated heterocycles. The number of carbonyl (C=O) groups excluding carboxylic acids is 2. The van der Waals surface area contributed by atoms with Crippen molar-refractivity contribution < 1.29 is 18.0 Å². The van der Waals surface area contributed by atoms with Gasteiger partial charge in [-0.1, -0.05) is 85.1 Å². The first kappa shape index (κ1) is 30.6. The third kappa shape index (κ3) is 8.11. The molecule has 4 rings (SSSR count). The van der Waals surface area contributed by atoms with E-state index in [4.69, 9.17) is 11.6 Å². The van der Waals surface area contributed by atoms with Gasteiger partial charge in [0.1, 0.15) is 12.6 Å². The minimum Gasteiger partial charge on any atom is -0.352 e. The molecule has 0 unspecified atom stereocenters. The Hall–Kier alpha value is -3.36. The van der Waals surface area contributed by atoms with Gasteiger partial charge in [-0.25, -0.2) is 8.42 Å². The van der Waals surface area contributed by atoms with Gasteiger partial charge in [0.25, 0.3) is 0 Å². The number of sulfonamides is 1. The molecule has 0 spiro atoms. The Kier molecular flexibility index (Phi) is 10.1. The van der Waals surface area contributed by atoms with Gasteiger partial charge in [-0.15, -0.1) is 0 Å². The topological polar surface area (TPSA) is 86.8 Å². The van der Waals surface area contributed by atoms with Crippen LogP contribution in [0, 0.1) is 13.8 Å². The maximum Gasteiger partial charge on any atom is 0.244 e. The van der Waals surface area contributed by atoms with Crippen LogP contribution < -0.4 is 9.62 Å². The molecule has 3 aromatic carbocycles. The summed E-state index contributed by atoms with van der Waals surface area (Å²) in [7, 11) is -3.85. The van der Waals surface area contributed by atoms with Crippen molar-refractivity contribution in [3.63, 3.8) is 0 Å². The standard InChI is InChI=1S/C32H38ClN3O4S/c1-23-11-7-8-14-26(23)21-35(31(37)22-36(41(3,39)40)28-18-17-24(2)29(33)20-28)30(19-25-12-5-4-6-13-25)32(38)34-27-15-9-10-16-27/h4-8,11-14,17-18,20,27,30H,9-10,15-16,19,21-22H2,1-3H3,(H,34,38)/t30-/m1/s1. The number of carbonyl (C=O) groups is 2. The first-order chi connectivity index (χ1) is 19.5. The van der Waals surface area contributed by atoms with Crippen LogP contribution in [0.4, 0.5) is 5.69 Å². The Bertz CT molecular complexity index is 1470. The fraction of sp³-hybridized carbons (Fsp3) is 0.375. The van der Waals surface area contributed by atoms with E-state index in [9.17, 15) is 18.0 Å². The number of hydrogen-bond acceptors (Lipinski definition) is 4. The molecule has 2 amide bonds. The summed E-state index contributed by atoms with van der Waals surface area (Å²) in [5.41, 5.74) is 3.86. The van der Waals surface area contributed by atoms with E-state index in [2.05, 4.69) is 5.32 Å². The molecule has 218 valence electrons. The molecule has 1 aliphatic rings. The van der Waals surface area contributed by atoms with E-state index in [0.29, 0.717) is 17.1 Å². The van der Waals surface area contributed by atoms with Crippen molar-refractivity contribution in [1.82, 2.24) is 10.2 Å². The first-order valence-corrected chi connectivity index (χ1v) is 16.2. The highest BCUT2D eigenvalue weighted by Gasteiger charge is 2.34. The molecule has 0 bridgehead atoms. The number of rotatable bonds is 11. The van der Waals surface area contributed by atoms with E-state index in [-0.39, 0.29) is 18.5 Å².